The zero-order chi connectivity index (χ0) is 17.0. The summed E-state index contributed by atoms with van der Waals surface area (Å²) in [6.07, 6.45) is 9.67. The first-order chi connectivity index (χ1) is 12.3. The number of nitrogens with zero attached hydrogens (tertiary/aromatic N) is 2. The van der Waals surface area contributed by atoms with Gasteiger partial charge in [-0.1, -0.05) is 6.07 Å². The van der Waals surface area contributed by atoms with Crippen LogP contribution in [-0.2, 0) is 20.8 Å². The van der Waals surface area contributed by atoms with Gasteiger partial charge in [0.15, 0.2) is 0 Å². The molecule has 0 N–H and O–H groups in total. The Morgan fingerprint density at radius 2 is 2.08 bits per heavy atom. The Bertz CT molecular complexity index is 525. The molecule has 4 heterocycles. The highest BCUT2D eigenvalue weighted by molar-refractivity contribution is 5.08. The number of rotatable bonds is 5. The Balaban J connectivity index is 1.20. The molecule has 0 aromatic carbocycles. The Labute approximate surface area is 150 Å². The number of likely N-dealkylation sites (tertiary alicyclic amines) is 1. The SMILES string of the molecule is c1cncc(CN2CCC3(CC2)CC(OCC2CCOCC2)CO3)c1. The zero-order valence-corrected chi connectivity index (χ0v) is 15.1. The molecule has 1 atom stereocenters. The fraction of sp³-hybridized carbons (Fsp3) is 0.750. The Hall–Kier alpha value is -1.01. The summed E-state index contributed by atoms with van der Waals surface area (Å²) in [4.78, 5) is 6.73. The number of piperidine rings is 1. The third-order valence-electron chi connectivity index (χ3n) is 5.98. The summed E-state index contributed by atoms with van der Waals surface area (Å²) >= 11 is 0. The Morgan fingerprint density at radius 1 is 1.24 bits per heavy atom. The molecule has 1 unspecified atom stereocenters. The molecule has 0 aliphatic carbocycles. The van der Waals surface area contributed by atoms with Gasteiger partial charge in [-0.3, -0.25) is 9.88 Å². The molecule has 0 radical (unpaired) electrons. The standard InChI is InChI=1S/C20H30N2O3/c1-2-18(13-21-7-1)14-22-8-5-20(6-9-22)12-19(16-25-20)24-15-17-3-10-23-11-4-17/h1-2,7,13,17,19H,3-6,8-12,14-16H2. The van der Waals surface area contributed by atoms with Gasteiger partial charge in [-0.15, -0.1) is 0 Å². The van der Waals surface area contributed by atoms with Gasteiger partial charge in [-0.05, 0) is 43.2 Å². The first-order valence-electron chi connectivity index (χ1n) is 9.76. The quantitative estimate of drug-likeness (QED) is 0.820. The lowest BCUT2D eigenvalue weighted by Gasteiger charge is -2.38. The predicted octanol–water partition coefficient (Wildman–Crippen LogP) is 2.65. The first kappa shape index (κ1) is 17.4. The van der Waals surface area contributed by atoms with Crippen LogP contribution < -0.4 is 0 Å². The minimum atomic E-state index is 0.0613. The van der Waals surface area contributed by atoms with Gasteiger partial charge < -0.3 is 14.2 Å². The molecular formula is C20H30N2O3. The first-order valence-corrected chi connectivity index (χ1v) is 9.76. The van der Waals surface area contributed by atoms with Crippen molar-refractivity contribution in [2.75, 3.05) is 39.5 Å². The lowest BCUT2D eigenvalue weighted by molar-refractivity contribution is -0.0479. The van der Waals surface area contributed by atoms with Crippen LogP contribution in [0.2, 0.25) is 0 Å². The van der Waals surface area contributed by atoms with Crippen molar-refractivity contribution in [2.24, 2.45) is 5.92 Å². The highest BCUT2D eigenvalue weighted by Gasteiger charge is 2.43. The van der Waals surface area contributed by atoms with E-state index in [-0.39, 0.29) is 11.7 Å². The monoisotopic (exact) mass is 346 g/mol. The van der Waals surface area contributed by atoms with Crippen LogP contribution in [0.5, 0.6) is 0 Å². The average Bonchev–Trinajstić information content (AvgIpc) is 3.07. The molecule has 25 heavy (non-hydrogen) atoms. The fourth-order valence-corrected chi connectivity index (χ4v) is 4.31. The summed E-state index contributed by atoms with van der Waals surface area (Å²) < 4.78 is 17.9. The van der Waals surface area contributed by atoms with Crippen LogP contribution in [0.3, 0.4) is 0 Å². The smallest absolute Gasteiger partial charge is 0.0836 e. The molecule has 0 amide bonds. The molecular weight excluding hydrogens is 316 g/mol. The minimum Gasteiger partial charge on any atom is -0.381 e. The largest absolute Gasteiger partial charge is 0.381 e. The van der Waals surface area contributed by atoms with Crippen molar-refractivity contribution in [1.82, 2.24) is 9.88 Å². The van der Waals surface area contributed by atoms with Crippen LogP contribution in [0, 0.1) is 5.92 Å². The van der Waals surface area contributed by atoms with E-state index in [0.717, 1.165) is 78.2 Å². The van der Waals surface area contributed by atoms with Gasteiger partial charge >= 0.3 is 0 Å². The summed E-state index contributed by atoms with van der Waals surface area (Å²) in [6, 6.07) is 4.17. The molecule has 3 saturated heterocycles. The Morgan fingerprint density at radius 3 is 2.84 bits per heavy atom. The normalized spacial score (nSPS) is 27.8. The van der Waals surface area contributed by atoms with Crippen molar-refractivity contribution < 1.29 is 14.2 Å². The summed E-state index contributed by atoms with van der Waals surface area (Å²) in [5, 5.41) is 0. The molecule has 1 aromatic heterocycles. The molecule has 4 rings (SSSR count). The lowest BCUT2D eigenvalue weighted by atomic mass is 9.88. The van der Waals surface area contributed by atoms with Gasteiger partial charge in [0.1, 0.15) is 0 Å². The Kier molecular flexibility index (Phi) is 5.66. The lowest BCUT2D eigenvalue weighted by Crippen LogP contribution is -2.44. The highest BCUT2D eigenvalue weighted by Crippen LogP contribution is 2.37. The third-order valence-corrected chi connectivity index (χ3v) is 5.98. The van der Waals surface area contributed by atoms with Crippen LogP contribution >= 0.6 is 0 Å². The predicted molar refractivity (Wildman–Crippen MR) is 95.3 cm³/mol. The van der Waals surface area contributed by atoms with E-state index in [9.17, 15) is 0 Å². The van der Waals surface area contributed by atoms with Crippen LogP contribution in [0.15, 0.2) is 24.5 Å². The maximum absolute atomic E-state index is 6.24. The summed E-state index contributed by atoms with van der Waals surface area (Å²) in [5.41, 5.74) is 1.36. The van der Waals surface area contributed by atoms with E-state index >= 15 is 0 Å². The van der Waals surface area contributed by atoms with Gasteiger partial charge in [-0.2, -0.15) is 0 Å². The second kappa shape index (κ2) is 8.12. The zero-order valence-electron chi connectivity index (χ0n) is 15.1. The molecule has 5 nitrogen and oxygen atoms in total. The highest BCUT2D eigenvalue weighted by atomic mass is 16.6. The summed E-state index contributed by atoms with van der Waals surface area (Å²) in [7, 11) is 0. The topological polar surface area (TPSA) is 43.8 Å². The van der Waals surface area contributed by atoms with Crippen LogP contribution in [-0.4, -0.2) is 61.1 Å². The maximum Gasteiger partial charge on any atom is 0.0836 e. The van der Waals surface area contributed by atoms with Crippen molar-refractivity contribution >= 4 is 0 Å². The van der Waals surface area contributed by atoms with E-state index in [1.165, 1.54) is 5.56 Å². The van der Waals surface area contributed by atoms with Crippen LogP contribution in [0.4, 0.5) is 0 Å². The van der Waals surface area contributed by atoms with Crippen molar-refractivity contribution in [3.05, 3.63) is 30.1 Å². The number of hydrogen-bond donors (Lipinski definition) is 0. The molecule has 0 bridgehead atoms. The third kappa shape index (κ3) is 4.59. The molecule has 1 spiro atoms. The molecule has 1 aromatic rings. The van der Waals surface area contributed by atoms with Crippen molar-refractivity contribution in [3.63, 3.8) is 0 Å². The summed E-state index contributed by atoms with van der Waals surface area (Å²) in [5.74, 6) is 0.673. The second-order valence-corrected chi connectivity index (χ2v) is 7.85. The minimum absolute atomic E-state index is 0.0613. The number of ether oxygens (including phenoxy) is 3. The number of hydrogen-bond acceptors (Lipinski definition) is 5. The molecule has 3 aliphatic rings. The van der Waals surface area contributed by atoms with Crippen LogP contribution in [0.1, 0.15) is 37.7 Å². The van der Waals surface area contributed by atoms with Crippen LogP contribution in [0.25, 0.3) is 0 Å². The average molecular weight is 346 g/mol. The van der Waals surface area contributed by atoms with Crippen molar-refractivity contribution in [2.45, 2.75) is 50.4 Å². The maximum atomic E-state index is 6.24. The van der Waals surface area contributed by atoms with Gasteiger partial charge in [0.25, 0.3) is 0 Å². The van der Waals surface area contributed by atoms with E-state index in [0.29, 0.717) is 5.92 Å². The van der Waals surface area contributed by atoms with E-state index < -0.39 is 0 Å². The van der Waals surface area contributed by atoms with Gasteiger partial charge in [-0.25, -0.2) is 0 Å². The van der Waals surface area contributed by atoms with Gasteiger partial charge in [0.05, 0.1) is 24.9 Å². The summed E-state index contributed by atoms with van der Waals surface area (Å²) in [6.45, 7) is 6.63. The van der Waals surface area contributed by atoms with Crippen molar-refractivity contribution in [3.8, 4) is 0 Å². The molecule has 3 aliphatic heterocycles. The van der Waals surface area contributed by atoms with E-state index in [1.54, 1.807) is 0 Å². The van der Waals surface area contributed by atoms with Gasteiger partial charge in [0.2, 0.25) is 0 Å². The number of aromatic nitrogens is 1. The van der Waals surface area contributed by atoms with E-state index in [2.05, 4.69) is 16.0 Å². The van der Waals surface area contributed by atoms with Crippen molar-refractivity contribution in [1.29, 1.82) is 0 Å². The molecule has 138 valence electrons. The molecule has 3 fully saturated rings. The molecule has 0 saturated carbocycles. The van der Waals surface area contributed by atoms with E-state index in [4.69, 9.17) is 14.2 Å². The van der Waals surface area contributed by atoms with Gasteiger partial charge in [0, 0.05) is 51.7 Å². The van der Waals surface area contributed by atoms with E-state index in [1.807, 2.05) is 18.5 Å². The second-order valence-electron chi connectivity index (χ2n) is 7.85. The fourth-order valence-electron chi connectivity index (χ4n) is 4.31. The molecule has 5 heteroatoms. The number of pyridine rings is 1.